The highest BCUT2D eigenvalue weighted by atomic mass is 19.1. The third kappa shape index (κ3) is 1.88. The van der Waals surface area contributed by atoms with Crippen LogP contribution in [-0.4, -0.2) is 16.3 Å². The lowest BCUT2D eigenvalue weighted by molar-refractivity contribution is 0.112. The predicted molar refractivity (Wildman–Crippen MR) is 52.8 cm³/mol. The predicted octanol–water partition coefficient (Wildman–Crippen LogP) is 2.10. The molecule has 0 aliphatic heterocycles. The molecule has 0 saturated carbocycles. The number of nitrogens with zero attached hydrogens (tertiary/aromatic N) is 2. The van der Waals surface area contributed by atoms with E-state index in [1.807, 2.05) is 0 Å². The summed E-state index contributed by atoms with van der Waals surface area (Å²) >= 11 is 0. The van der Waals surface area contributed by atoms with Crippen molar-refractivity contribution < 1.29 is 9.18 Å². The van der Waals surface area contributed by atoms with Crippen LogP contribution in [-0.2, 0) is 0 Å². The smallest absolute Gasteiger partial charge is 0.222 e. The number of hydrogen-bond acceptors (Lipinski definition) is 3. The van der Waals surface area contributed by atoms with Gasteiger partial charge in [0, 0.05) is 18.0 Å². The van der Waals surface area contributed by atoms with Crippen LogP contribution >= 0.6 is 0 Å². The molecule has 2 aromatic heterocycles. The van der Waals surface area contributed by atoms with Gasteiger partial charge in [-0.3, -0.25) is 9.78 Å². The first-order valence-electron chi connectivity index (χ1n) is 4.33. The summed E-state index contributed by atoms with van der Waals surface area (Å²) in [6, 6.07) is 6.39. The maximum atomic E-state index is 13.2. The summed E-state index contributed by atoms with van der Waals surface area (Å²) in [5.41, 5.74) is 1.25. The van der Waals surface area contributed by atoms with Gasteiger partial charge in [-0.25, -0.2) is 4.98 Å². The van der Waals surface area contributed by atoms with Crippen LogP contribution in [0.2, 0.25) is 0 Å². The number of pyridine rings is 2. The van der Waals surface area contributed by atoms with Gasteiger partial charge in [0.15, 0.2) is 6.29 Å². The molecular formula is C11H7FN2O. The minimum absolute atomic E-state index is 0.329. The van der Waals surface area contributed by atoms with E-state index < -0.39 is 5.95 Å². The fourth-order valence-corrected chi connectivity index (χ4v) is 1.21. The van der Waals surface area contributed by atoms with E-state index >= 15 is 0 Å². The Morgan fingerprint density at radius 1 is 1.20 bits per heavy atom. The average Bonchev–Trinajstić information content (AvgIpc) is 2.30. The van der Waals surface area contributed by atoms with Gasteiger partial charge in [0.05, 0.1) is 11.3 Å². The fourth-order valence-electron chi connectivity index (χ4n) is 1.21. The number of aldehydes is 1. The molecule has 3 nitrogen and oxygen atoms in total. The molecule has 0 fully saturated rings. The largest absolute Gasteiger partial charge is 0.298 e. The van der Waals surface area contributed by atoms with Gasteiger partial charge in [0.1, 0.15) is 0 Å². The molecule has 0 radical (unpaired) electrons. The molecule has 0 N–H and O–H groups in total. The van der Waals surface area contributed by atoms with Gasteiger partial charge < -0.3 is 0 Å². The van der Waals surface area contributed by atoms with Crippen molar-refractivity contribution in [2.45, 2.75) is 0 Å². The van der Waals surface area contributed by atoms with Gasteiger partial charge in [0.25, 0.3) is 0 Å². The molecule has 0 amide bonds. The Bertz CT molecular complexity index is 482. The normalized spacial score (nSPS) is 9.93. The summed E-state index contributed by atoms with van der Waals surface area (Å²) in [5, 5.41) is 0. The van der Waals surface area contributed by atoms with E-state index in [9.17, 15) is 9.18 Å². The van der Waals surface area contributed by atoms with Crippen molar-refractivity contribution in [2.75, 3.05) is 0 Å². The summed E-state index contributed by atoms with van der Waals surface area (Å²) < 4.78 is 13.2. The molecule has 2 heterocycles. The first-order chi connectivity index (χ1) is 7.31. The molecule has 4 heteroatoms. The molecule has 0 unspecified atom stereocenters. The lowest BCUT2D eigenvalue weighted by Gasteiger charge is -2.00. The monoisotopic (exact) mass is 202 g/mol. The summed E-state index contributed by atoms with van der Waals surface area (Å²) in [5.74, 6) is -0.566. The first kappa shape index (κ1) is 9.45. The zero-order valence-corrected chi connectivity index (χ0v) is 7.72. The Morgan fingerprint density at radius 3 is 2.67 bits per heavy atom. The van der Waals surface area contributed by atoms with Gasteiger partial charge in [-0.05, 0) is 24.3 Å². The lowest BCUT2D eigenvalue weighted by atomic mass is 10.1. The van der Waals surface area contributed by atoms with Gasteiger partial charge in [-0.2, -0.15) is 4.39 Å². The highest BCUT2D eigenvalue weighted by Crippen LogP contribution is 2.18. The summed E-state index contributed by atoms with van der Waals surface area (Å²) in [7, 11) is 0. The zero-order chi connectivity index (χ0) is 10.7. The Labute approximate surface area is 85.6 Å². The van der Waals surface area contributed by atoms with Crippen LogP contribution in [0.1, 0.15) is 10.4 Å². The van der Waals surface area contributed by atoms with Crippen molar-refractivity contribution in [3.63, 3.8) is 0 Å². The number of halogens is 1. The Balaban J connectivity index is 2.46. The molecule has 2 rings (SSSR count). The number of aromatic nitrogens is 2. The summed E-state index contributed by atoms with van der Waals surface area (Å²) in [6.45, 7) is 0. The second kappa shape index (κ2) is 3.96. The van der Waals surface area contributed by atoms with Crippen molar-refractivity contribution in [2.24, 2.45) is 0 Å². The Morgan fingerprint density at radius 2 is 2.07 bits per heavy atom. The first-order valence-corrected chi connectivity index (χ1v) is 4.33. The Hall–Kier alpha value is -2.10. The van der Waals surface area contributed by atoms with Crippen molar-refractivity contribution >= 4 is 6.29 Å². The van der Waals surface area contributed by atoms with Crippen LogP contribution in [0, 0.1) is 5.95 Å². The SMILES string of the molecule is O=Cc1ccc(-c2cccnc2F)nc1. The van der Waals surface area contributed by atoms with E-state index in [2.05, 4.69) is 9.97 Å². The summed E-state index contributed by atoms with van der Waals surface area (Å²) in [6.07, 6.45) is 3.46. The molecule has 0 aromatic carbocycles. The van der Waals surface area contributed by atoms with E-state index in [1.165, 1.54) is 12.4 Å². The third-order valence-corrected chi connectivity index (χ3v) is 1.96. The van der Waals surface area contributed by atoms with Crippen molar-refractivity contribution in [1.29, 1.82) is 0 Å². The van der Waals surface area contributed by atoms with E-state index in [4.69, 9.17) is 0 Å². The van der Waals surface area contributed by atoms with Crippen LogP contribution in [0.4, 0.5) is 4.39 Å². The second-order valence-electron chi connectivity index (χ2n) is 2.94. The Kier molecular flexibility index (Phi) is 2.49. The molecule has 0 aliphatic rings. The zero-order valence-electron chi connectivity index (χ0n) is 7.72. The van der Waals surface area contributed by atoms with Crippen LogP contribution < -0.4 is 0 Å². The number of carbonyl (C=O) groups excluding carboxylic acids is 1. The second-order valence-corrected chi connectivity index (χ2v) is 2.94. The highest BCUT2D eigenvalue weighted by molar-refractivity contribution is 5.75. The van der Waals surface area contributed by atoms with E-state index in [0.717, 1.165) is 0 Å². The van der Waals surface area contributed by atoms with Crippen molar-refractivity contribution in [3.05, 3.63) is 48.2 Å². The van der Waals surface area contributed by atoms with Crippen molar-refractivity contribution in [1.82, 2.24) is 9.97 Å². The highest BCUT2D eigenvalue weighted by Gasteiger charge is 2.05. The third-order valence-electron chi connectivity index (χ3n) is 1.96. The number of hydrogen-bond donors (Lipinski definition) is 0. The van der Waals surface area contributed by atoms with E-state index in [-0.39, 0.29) is 0 Å². The topological polar surface area (TPSA) is 42.9 Å². The maximum Gasteiger partial charge on any atom is 0.222 e. The summed E-state index contributed by atoms with van der Waals surface area (Å²) in [4.78, 5) is 17.9. The number of carbonyl (C=O) groups is 1. The molecule has 0 spiro atoms. The molecule has 0 atom stereocenters. The van der Waals surface area contributed by atoms with Crippen LogP contribution in [0.25, 0.3) is 11.3 Å². The molecule has 74 valence electrons. The molecule has 15 heavy (non-hydrogen) atoms. The van der Waals surface area contributed by atoms with Crippen LogP contribution in [0.3, 0.4) is 0 Å². The molecule has 2 aromatic rings. The van der Waals surface area contributed by atoms with Crippen LogP contribution in [0.5, 0.6) is 0 Å². The van der Waals surface area contributed by atoms with Gasteiger partial charge >= 0.3 is 0 Å². The molecular weight excluding hydrogens is 195 g/mol. The maximum absolute atomic E-state index is 13.2. The molecule has 0 bridgehead atoms. The molecule has 0 saturated heterocycles. The van der Waals surface area contributed by atoms with E-state index in [0.29, 0.717) is 23.1 Å². The lowest BCUT2D eigenvalue weighted by Crippen LogP contribution is -1.91. The minimum Gasteiger partial charge on any atom is -0.298 e. The standard InChI is InChI=1S/C11H7FN2O/c12-11-9(2-1-5-13-11)10-4-3-8(7-15)6-14-10/h1-7H. The van der Waals surface area contributed by atoms with Crippen LogP contribution in [0.15, 0.2) is 36.7 Å². The van der Waals surface area contributed by atoms with E-state index in [1.54, 1.807) is 24.3 Å². The van der Waals surface area contributed by atoms with Crippen molar-refractivity contribution in [3.8, 4) is 11.3 Å². The fraction of sp³-hybridized carbons (Fsp3) is 0. The minimum atomic E-state index is -0.566. The van der Waals surface area contributed by atoms with Gasteiger partial charge in [-0.1, -0.05) is 0 Å². The van der Waals surface area contributed by atoms with Gasteiger partial charge in [0.2, 0.25) is 5.95 Å². The average molecular weight is 202 g/mol. The quantitative estimate of drug-likeness (QED) is 0.553. The molecule has 0 aliphatic carbocycles. The number of rotatable bonds is 2. The van der Waals surface area contributed by atoms with Gasteiger partial charge in [-0.15, -0.1) is 0 Å².